The van der Waals surface area contributed by atoms with E-state index < -0.39 is 4.92 Å². The summed E-state index contributed by atoms with van der Waals surface area (Å²) < 4.78 is 0. The van der Waals surface area contributed by atoms with E-state index in [2.05, 4.69) is 0 Å². The summed E-state index contributed by atoms with van der Waals surface area (Å²) in [6.45, 7) is 1.81. The van der Waals surface area contributed by atoms with E-state index in [0.29, 0.717) is 37.3 Å². The van der Waals surface area contributed by atoms with Gasteiger partial charge in [0.1, 0.15) is 0 Å². The molecule has 2 amide bonds. The first kappa shape index (κ1) is 15.3. The second kappa shape index (κ2) is 5.70. The number of carbonyl (C=O) groups is 2. The lowest BCUT2D eigenvalue weighted by atomic mass is 10.1. The topological polar surface area (TPSA) is 83.8 Å². The van der Waals surface area contributed by atoms with Crippen LogP contribution in [0.5, 0.6) is 0 Å². The van der Waals surface area contributed by atoms with Gasteiger partial charge >= 0.3 is 0 Å². The summed E-state index contributed by atoms with van der Waals surface area (Å²) in [4.78, 5) is 38.6. The highest BCUT2D eigenvalue weighted by Gasteiger charge is 2.31. The minimum absolute atomic E-state index is 0.0182. The minimum atomic E-state index is -0.504. The van der Waals surface area contributed by atoms with Gasteiger partial charge in [0.05, 0.1) is 10.5 Å². The van der Waals surface area contributed by atoms with Gasteiger partial charge < -0.3 is 9.80 Å². The first-order chi connectivity index (χ1) is 12.0. The Hall–Kier alpha value is -3.22. The fourth-order valence-electron chi connectivity index (χ4n) is 3.38. The predicted molar refractivity (Wildman–Crippen MR) is 89.0 cm³/mol. The molecule has 7 heteroatoms. The van der Waals surface area contributed by atoms with Crippen LogP contribution in [-0.2, 0) is 13.1 Å². The quantitative estimate of drug-likeness (QED) is 0.632. The van der Waals surface area contributed by atoms with Crippen LogP contribution in [0.3, 0.4) is 0 Å². The van der Waals surface area contributed by atoms with Crippen molar-refractivity contribution in [2.75, 3.05) is 13.1 Å². The van der Waals surface area contributed by atoms with Gasteiger partial charge in [-0.25, -0.2) is 0 Å². The third-order valence-electron chi connectivity index (χ3n) is 4.72. The number of non-ortho nitro benzene ring substituents is 1. The Morgan fingerprint density at radius 3 is 2.12 bits per heavy atom. The molecule has 126 valence electrons. The van der Waals surface area contributed by atoms with Crippen LogP contribution in [0.2, 0.25) is 0 Å². The average molecular weight is 337 g/mol. The van der Waals surface area contributed by atoms with E-state index in [-0.39, 0.29) is 17.5 Å². The summed E-state index contributed by atoms with van der Waals surface area (Å²) in [5, 5.41) is 10.9. The molecule has 0 fully saturated rings. The van der Waals surface area contributed by atoms with Crippen molar-refractivity contribution < 1.29 is 14.5 Å². The molecule has 0 atom stereocenters. The molecule has 2 aromatic carbocycles. The van der Waals surface area contributed by atoms with Gasteiger partial charge in [0.15, 0.2) is 0 Å². The smallest absolute Gasteiger partial charge is 0.270 e. The Morgan fingerprint density at radius 1 is 0.880 bits per heavy atom. The Labute approximate surface area is 143 Å². The van der Waals surface area contributed by atoms with Gasteiger partial charge in [-0.1, -0.05) is 18.2 Å². The fraction of sp³-hybridized carbons (Fsp3) is 0.222. The predicted octanol–water partition coefficient (Wildman–Crippen LogP) is 2.21. The van der Waals surface area contributed by atoms with Crippen molar-refractivity contribution in [2.24, 2.45) is 0 Å². The SMILES string of the molecule is O=C1c2ccccc2CN1CCN1Cc2ccc([N+](=O)[O-])cc2C1=O. The third-order valence-corrected chi connectivity index (χ3v) is 4.72. The molecule has 2 aliphatic heterocycles. The zero-order chi connectivity index (χ0) is 17.6. The molecule has 0 bridgehead atoms. The number of nitrogens with zero attached hydrogens (tertiary/aromatic N) is 3. The second-order valence-electron chi connectivity index (χ2n) is 6.21. The molecule has 0 radical (unpaired) electrons. The zero-order valence-corrected chi connectivity index (χ0v) is 13.3. The van der Waals surface area contributed by atoms with E-state index in [1.54, 1.807) is 15.9 Å². The largest absolute Gasteiger partial charge is 0.333 e. The summed E-state index contributed by atoms with van der Waals surface area (Å²) in [5.74, 6) is -0.238. The summed E-state index contributed by atoms with van der Waals surface area (Å²) in [5.41, 5.74) is 2.80. The Kier molecular flexibility index (Phi) is 3.49. The molecule has 4 rings (SSSR count). The van der Waals surface area contributed by atoms with Crippen LogP contribution < -0.4 is 0 Å². The van der Waals surface area contributed by atoms with E-state index in [1.807, 2.05) is 24.3 Å². The van der Waals surface area contributed by atoms with Crippen molar-refractivity contribution in [2.45, 2.75) is 13.1 Å². The van der Waals surface area contributed by atoms with Crippen LogP contribution in [0.25, 0.3) is 0 Å². The van der Waals surface area contributed by atoms with Crippen LogP contribution in [-0.4, -0.2) is 39.6 Å². The van der Waals surface area contributed by atoms with Crippen molar-refractivity contribution in [3.63, 3.8) is 0 Å². The standard InChI is InChI=1S/C18H15N3O4/c22-17-15-4-2-1-3-12(15)10-19(17)7-8-20-11-13-5-6-14(21(24)25)9-16(13)18(20)23/h1-6,9H,7-8,10-11H2. The molecule has 2 aromatic rings. The lowest BCUT2D eigenvalue weighted by Crippen LogP contribution is -2.35. The van der Waals surface area contributed by atoms with E-state index in [0.717, 1.165) is 11.1 Å². The highest BCUT2D eigenvalue weighted by atomic mass is 16.6. The number of benzene rings is 2. The Bertz CT molecular complexity index is 909. The minimum Gasteiger partial charge on any atom is -0.333 e. The van der Waals surface area contributed by atoms with Crippen molar-refractivity contribution in [3.05, 3.63) is 74.8 Å². The first-order valence-corrected chi connectivity index (χ1v) is 7.98. The number of carbonyl (C=O) groups excluding carboxylic acids is 2. The van der Waals surface area contributed by atoms with Crippen LogP contribution >= 0.6 is 0 Å². The van der Waals surface area contributed by atoms with Gasteiger partial charge in [0.25, 0.3) is 17.5 Å². The zero-order valence-electron chi connectivity index (χ0n) is 13.3. The second-order valence-corrected chi connectivity index (χ2v) is 6.21. The normalized spacial score (nSPS) is 15.5. The average Bonchev–Trinajstić information content (AvgIpc) is 3.10. The third kappa shape index (κ3) is 2.53. The highest BCUT2D eigenvalue weighted by molar-refractivity contribution is 5.99. The van der Waals surface area contributed by atoms with Gasteiger partial charge in [0.2, 0.25) is 0 Å². The maximum atomic E-state index is 12.5. The molecule has 25 heavy (non-hydrogen) atoms. The van der Waals surface area contributed by atoms with Crippen LogP contribution in [0, 0.1) is 10.1 Å². The number of nitro groups is 1. The van der Waals surface area contributed by atoms with E-state index in [4.69, 9.17) is 0 Å². The Balaban J connectivity index is 1.44. The molecule has 0 aliphatic carbocycles. The van der Waals surface area contributed by atoms with E-state index in [1.165, 1.54) is 12.1 Å². The molecule has 0 spiro atoms. The number of hydrogen-bond donors (Lipinski definition) is 0. The van der Waals surface area contributed by atoms with Gasteiger partial charge in [-0.3, -0.25) is 19.7 Å². The summed E-state index contributed by atoms with van der Waals surface area (Å²) in [6.07, 6.45) is 0. The Morgan fingerprint density at radius 2 is 1.48 bits per heavy atom. The van der Waals surface area contributed by atoms with E-state index >= 15 is 0 Å². The fourth-order valence-corrected chi connectivity index (χ4v) is 3.38. The molecule has 2 aliphatic rings. The van der Waals surface area contributed by atoms with Crippen molar-refractivity contribution >= 4 is 17.5 Å². The van der Waals surface area contributed by atoms with Crippen molar-refractivity contribution in [1.29, 1.82) is 0 Å². The molecular formula is C18H15N3O4. The molecule has 0 aromatic heterocycles. The number of rotatable bonds is 4. The van der Waals surface area contributed by atoms with Gasteiger partial charge in [-0.2, -0.15) is 0 Å². The van der Waals surface area contributed by atoms with Crippen LogP contribution in [0.15, 0.2) is 42.5 Å². The number of amides is 2. The van der Waals surface area contributed by atoms with Crippen molar-refractivity contribution in [3.8, 4) is 0 Å². The van der Waals surface area contributed by atoms with Gasteiger partial charge in [-0.15, -0.1) is 0 Å². The number of fused-ring (bicyclic) bond motifs is 2. The van der Waals surface area contributed by atoms with Crippen molar-refractivity contribution in [1.82, 2.24) is 9.80 Å². The van der Waals surface area contributed by atoms with E-state index in [9.17, 15) is 19.7 Å². The maximum absolute atomic E-state index is 12.5. The molecule has 2 heterocycles. The molecule has 0 saturated carbocycles. The summed E-state index contributed by atoms with van der Waals surface area (Å²) in [7, 11) is 0. The van der Waals surface area contributed by atoms with Crippen LogP contribution in [0.1, 0.15) is 31.8 Å². The molecular weight excluding hydrogens is 322 g/mol. The lowest BCUT2D eigenvalue weighted by Gasteiger charge is -2.21. The lowest BCUT2D eigenvalue weighted by molar-refractivity contribution is -0.384. The molecule has 0 N–H and O–H groups in total. The maximum Gasteiger partial charge on any atom is 0.270 e. The van der Waals surface area contributed by atoms with Gasteiger partial charge in [-0.05, 0) is 23.3 Å². The summed E-state index contributed by atoms with van der Waals surface area (Å²) >= 11 is 0. The monoisotopic (exact) mass is 337 g/mol. The highest BCUT2D eigenvalue weighted by Crippen LogP contribution is 2.27. The molecule has 7 nitrogen and oxygen atoms in total. The first-order valence-electron chi connectivity index (χ1n) is 7.98. The summed E-state index contributed by atoms with van der Waals surface area (Å²) in [6, 6.07) is 11.9. The number of nitro benzene ring substituents is 1. The van der Waals surface area contributed by atoms with Crippen LogP contribution in [0.4, 0.5) is 5.69 Å². The number of hydrogen-bond acceptors (Lipinski definition) is 4. The van der Waals surface area contributed by atoms with Gasteiger partial charge in [0, 0.05) is 43.9 Å². The molecule has 0 unspecified atom stereocenters. The molecule has 0 saturated heterocycles.